The minimum absolute atomic E-state index is 0.0235. The zero-order chi connectivity index (χ0) is 21.0. The van der Waals surface area contributed by atoms with Gasteiger partial charge in [-0.1, -0.05) is 24.3 Å². The Labute approximate surface area is 170 Å². The highest BCUT2D eigenvalue weighted by molar-refractivity contribution is 6.00. The fraction of sp³-hybridized carbons (Fsp3) is 0.364. The van der Waals surface area contributed by atoms with Crippen LogP contribution in [0.3, 0.4) is 0 Å². The van der Waals surface area contributed by atoms with Gasteiger partial charge in [0.1, 0.15) is 11.6 Å². The largest absolute Gasteiger partial charge is 0.497 e. The number of anilines is 1. The number of rotatable bonds is 7. The van der Waals surface area contributed by atoms with Gasteiger partial charge >= 0.3 is 0 Å². The van der Waals surface area contributed by atoms with Gasteiger partial charge in [0.2, 0.25) is 11.8 Å². The number of benzene rings is 2. The summed E-state index contributed by atoms with van der Waals surface area (Å²) in [6.45, 7) is 0.587. The summed E-state index contributed by atoms with van der Waals surface area (Å²) in [4.78, 5) is 28.4. The van der Waals surface area contributed by atoms with Crippen LogP contribution in [0.4, 0.5) is 10.1 Å². The number of amides is 2. The van der Waals surface area contributed by atoms with Crippen LogP contribution < -0.4 is 15.0 Å². The lowest BCUT2D eigenvalue weighted by Gasteiger charge is -2.26. The van der Waals surface area contributed by atoms with Crippen LogP contribution in [-0.4, -0.2) is 51.0 Å². The van der Waals surface area contributed by atoms with Crippen LogP contribution in [0.15, 0.2) is 48.5 Å². The van der Waals surface area contributed by atoms with Gasteiger partial charge in [0.25, 0.3) is 0 Å². The van der Waals surface area contributed by atoms with Crippen molar-refractivity contribution in [2.45, 2.75) is 12.5 Å². The molecule has 0 aliphatic carbocycles. The van der Waals surface area contributed by atoms with E-state index in [9.17, 15) is 14.0 Å². The van der Waals surface area contributed by atoms with Gasteiger partial charge in [-0.2, -0.15) is 0 Å². The summed E-state index contributed by atoms with van der Waals surface area (Å²) in [7, 11) is 5.51. The molecule has 3 rings (SSSR count). The molecule has 1 saturated heterocycles. The molecule has 2 aromatic rings. The molecular formula is C22H26FN3O3. The lowest BCUT2D eigenvalue weighted by atomic mass is 10.0. The zero-order valence-corrected chi connectivity index (χ0v) is 16.9. The van der Waals surface area contributed by atoms with Crippen molar-refractivity contribution in [3.05, 3.63) is 59.9 Å². The molecule has 154 valence electrons. The van der Waals surface area contributed by atoms with Crippen LogP contribution in [0.2, 0.25) is 0 Å². The molecule has 6 nitrogen and oxygen atoms in total. The van der Waals surface area contributed by atoms with E-state index in [0.29, 0.717) is 6.54 Å². The number of carbonyl (C=O) groups excluding carboxylic acids is 2. The predicted octanol–water partition coefficient (Wildman–Crippen LogP) is 2.61. The van der Waals surface area contributed by atoms with Crippen LogP contribution in [0.1, 0.15) is 18.0 Å². The molecule has 2 atom stereocenters. The Morgan fingerprint density at radius 3 is 2.55 bits per heavy atom. The van der Waals surface area contributed by atoms with E-state index in [2.05, 4.69) is 5.32 Å². The van der Waals surface area contributed by atoms with Crippen molar-refractivity contribution in [3.63, 3.8) is 0 Å². The van der Waals surface area contributed by atoms with Crippen LogP contribution in [0.5, 0.6) is 5.75 Å². The number of methoxy groups -OCH3 is 1. The number of para-hydroxylation sites is 1. The maximum atomic E-state index is 14.0. The molecule has 1 heterocycles. The molecule has 1 N–H and O–H groups in total. The first kappa shape index (κ1) is 20.8. The normalized spacial score (nSPS) is 17.5. The first-order valence-electron chi connectivity index (χ1n) is 9.53. The highest BCUT2D eigenvalue weighted by atomic mass is 19.1. The first-order chi connectivity index (χ1) is 13.9. The lowest BCUT2D eigenvalue weighted by molar-refractivity contribution is -0.126. The van der Waals surface area contributed by atoms with E-state index >= 15 is 0 Å². The zero-order valence-electron chi connectivity index (χ0n) is 16.9. The van der Waals surface area contributed by atoms with Gasteiger partial charge in [-0.3, -0.25) is 9.59 Å². The van der Waals surface area contributed by atoms with E-state index in [1.807, 2.05) is 43.3 Å². The van der Waals surface area contributed by atoms with Crippen molar-refractivity contribution in [1.29, 1.82) is 0 Å². The fourth-order valence-corrected chi connectivity index (χ4v) is 3.55. The molecule has 0 bridgehead atoms. The molecule has 2 amide bonds. The first-order valence-corrected chi connectivity index (χ1v) is 9.53. The summed E-state index contributed by atoms with van der Waals surface area (Å²) in [5, 5.41) is 2.96. The fourth-order valence-electron chi connectivity index (χ4n) is 3.55. The van der Waals surface area contributed by atoms with Gasteiger partial charge in [0.15, 0.2) is 0 Å². The summed E-state index contributed by atoms with van der Waals surface area (Å²) in [6.07, 6.45) is 0.0787. The van der Waals surface area contributed by atoms with Crippen molar-refractivity contribution < 1.29 is 18.7 Å². The van der Waals surface area contributed by atoms with E-state index in [0.717, 1.165) is 11.3 Å². The number of ether oxygens (including phenoxy) is 1. The quantitative estimate of drug-likeness (QED) is 0.778. The molecule has 1 aliphatic rings. The third kappa shape index (κ3) is 4.74. The van der Waals surface area contributed by atoms with Crippen LogP contribution in [-0.2, 0) is 9.59 Å². The molecule has 0 unspecified atom stereocenters. The average Bonchev–Trinajstić information content (AvgIpc) is 3.10. The number of likely N-dealkylation sites (N-methyl/N-ethyl adjacent to an activating group) is 1. The molecule has 29 heavy (non-hydrogen) atoms. The van der Waals surface area contributed by atoms with Crippen molar-refractivity contribution >= 4 is 17.5 Å². The molecule has 0 spiro atoms. The van der Waals surface area contributed by atoms with Crippen LogP contribution in [0, 0.1) is 11.7 Å². The summed E-state index contributed by atoms with van der Waals surface area (Å²) < 4.78 is 19.2. The maximum Gasteiger partial charge on any atom is 0.227 e. The third-order valence-corrected chi connectivity index (χ3v) is 5.23. The Hall–Kier alpha value is -2.93. The Balaban J connectivity index is 1.63. The SMILES string of the molecule is COc1ccc([C@@H](CNC(=O)[C@@H]2CC(=O)N(c3ccccc3F)C2)N(C)C)cc1. The summed E-state index contributed by atoms with van der Waals surface area (Å²) in [5.41, 5.74) is 1.27. The Kier molecular flexibility index (Phi) is 6.49. The number of carbonyl (C=O) groups is 2. The van der Waals surface area contributed by atoms with E-state index in [-0.39, 0.29) is 36.5 Å². The Morgan fingerprint density at radius 1 is 1.24 bits per heavy atom. The summed E-state index contributed by atoms with van der Waals surface area (Å²) in [5.74, 6) is -0.630. The average molecular weight is 399 g/mol. The van der Waals surface area contributed by atoms with Gasteiger partial charge in [-0.25, -0.2) is 4.39 Å². The standard InChI is InChI=1S/C22H26FN3O3/c1-25(2)20(15-8-10-17(29-3)11-9-15)13-24-22(28)16-12-21(27)26(14-16)19-7-5-4-6-18(19)23/h4-11,16,20H,12-14H2,1-3H3,(H,24,28)/t16-,20-/m1/s1. The van der Waals surface area contributed by atoms with E-state index in [4.69, 9.17) is 4.74 Å². The molecule has 7 heteroatoms. The Morgan fingerprint density at radius 2 is 1.93 bits per heavy atom. The minimum atomic E-state index is -0.499. The van der Waals surface area contributed by atoms with Crippen LogP contribution >= 0.6 is 0 Å². The molecule has 0 radical (unpaired) electrons. The second-order valence-corrected chi connectivity index (χ2v) is 7.35. The second-order valence-electron chi connectivity index (χ2n) is 7.35. The van der Waals surface area contributed by atoms with Gasteiger partial charge in [0, 0.05) is 19.5 Å². The topological polar surface area (TPSA) is 61.9 Å². The predicted molar refractivity (Wildman–Crippen MR) is 109 cm³/mol. The molecule has 0 aromatic heterocycles. The molecule has 1 fully saturated rings. The lowest BCUT2D eigenvalue weighted by Crippen LogP contribution is -2.38. The van der Waals surface area contributed by atoms with E-state index < -0.39 is 11.7 Å². The number of nitrogens with one attached hydrogen (secondary N) is 1. The van der Waals surface area contributed by atoms with Crippen molar-refractivity contribution in [3.8, 4) is 5.75 Å². The smallest absolute Gasteiger partial charge is 0.227 e. The molecular weight excluding hydrogens is 373 g/mol. The minimum Gasteiger partial charge on any atom is -0.497 e. The highest BCUT2D eigenvalue weighted by Crippen LogP contribution is 2.27. The molecule has 2 aromatic carbocycles. The Bertz CT molecular complexity index is 870. The van der Waals surface area contributed by atoms with E-state index in [1.165, 1.54) is 11.0 Å². The summed E-state index contributed by atoms with van der Waals surface area (Å²) >= 11 is 0. The van der Waals surface area contributed by atoms with Gasteiger partial charge in [-0.15, -0.1) is 0 Å². The second kappa shape index (κ2) is 9.05. The van der Waals surface area contributed by atoms with Crippen molar-refractivity contribution in [1.82, 2.24) is 10.2 Å². The van der Waals surface area contributed by atoms with Gasteiger partial charge in [0.05, 0.1) is 24.8 Å². The van der Waals surface area contributed by atoms with E-state index in [1.54, 1.807) is 25.3 Å². The third-order valence-electron chi connectivity index (χ3n) is 5.23. The van der Waals surface area contributed by atoms with Gasteiger partial charge in [-0.05, 0) is 43.9 Å². The highest BCUT2D eigenvalue weighted by Gasteiger charge is 2.36. The number of nitrogens with zero attached hydrogens (tertiary/aromatic N) is 2. The van der Waals surface area contributed by atoms with Crippen molar-refractivity contribution in [2.24, 2.45) is 5.92 Å². The maximum absolute atomic E-state index is 14.0. The van der Waals surface area contributed by atoms with Gasteiger partial charge < -0.3 is 19.9 Å². The number of hydrogen-bond donors (Lipinski definition) is 1. The monoisotopic (exact) mass is 399 g/mol. The number of halogens is 1. The van der Waals surface area contributed by atoms with Crippen molar-refractivity contribution in [2.75, 3.05) is 39.2 Å². The molecule has 0 saturated carbocycles. The summed E-state index contributed by atoms with van der Waals surface area (Å²) in [6, 6.07) is 13.8. The number of hydrogen-bond acceptors (Lipinski definition) is 4. The van der Waals surface area contributed by atoms with Crippen LogP contribution in [0.25, 0.3) is 0 Å². The molecule has 1 aliphatic heterocycles.